The molecule has 16 heavy (non-hydrogen) atoms. The van der Waals surface area contributed by atoms with Gasteiger partial charge in [-0.3, -0.25) is 0 Å². The number of hydrogen-bond donors (Lipinski definition) is 2. The van der Waals surface area contributed by atoms with Gasteiger partial charge >= 0.3 is 0 Å². The number of nitrogens with zero attached hydrogens (tertiary/aromatic N) is 1. The Kier molecular flexibility index (Phi) is 6.61. The maximum atomic E-state index is 4.32. The van der Waals surface area contributed by atoms with E-state index in [1.54, 1.807) is 11.3 Å². The van der Waals surface area contributed by atoms with Crippen molar-refractivity contribution in [1.29, 1.82) is 0 Å². The quantitative estimate of drug-likeness (QED) is 0.685. The van der Waals surface area contributed by atoms with E-state index in [2.05, 4.69) is 36.4 Å². The number of rotatable bonds is 8. The lowest BCUT2D eigenvalue weighted by Crippen LogP contribution is -2.34. The van der Waals surface area contributed by atoms with Crippen molar-refractivity contribution < 1.29 is 0 Å². The molecule has 3 nitrogen and oxygen atoms in total. The van der Waals surface area contributed by atoms with Crippen molar-refractivity contribution in [2.45, 2.75) is 39.2 Å². The predicted molar refractivity (Wildman–Crippen MR) is 71.2 cm³/mol. The normalized spacial score (nSPS) is 14.9. The summed E-state index contributed by atoms with van der Waals surface area (Å²) in [4.78, 5) is 4.32. The fraction of sp³-hybridized carbons (Fsp3) is 0.750. The van der Waals surface area contributed by atoms with Crippen LogP contribution in [0.3, 0.4) is 0 Å². The summed E-state index contributed by atoms with van der Waals surface area (Å²) in [6.45, 7) is 9.72. The fourth-order valence-electron chi connectivity index (χ4n) is 1.44. The smallest absolute Gasteiger partial charge is 0.0965 e. The molecule has 1 aromatic rings. The summed E-state index contributed by atoms with van der Waals surface area (Å²) in [7, 11) is 0. The minimum absolute atomic E-state index is 0.517. The first-order valence-electron chi connectivity index (χ1n) is 6.07. The van der Waals surface area contributed by atoms with Crippen molar-refractivity contribution in [2.24, 2.45) is 0 Å². The van der Waals surface area contributed by atoms with E-state index in [-0.39, 0.29) is 0 Å². The first-order chi connectivity index (χ1) is 7.74. The van der Waals surface area contributed by atoms with Gasteiger partial charge in [-0.1, -0.05) is 13.8 Å². The van der Waals surface area contributed by atoms with E-state index in [0.29, 0.717) is 12.0 Å². The van der Waals surface area contributed by atoms with Gasteiger partial charge in [0, 0.05) is 43.2 Å². The van der Waals surface area contributed by atoms with E-state index >= 15 is 0 Å². The number of aromatic nitrogens is 1. The minimum atomic E-state index is 0.517. The Morgan fingerprint density at radius 3 is 2.81 bits per heavy atom. The Morgan fingerprint density at radius 2 is 2.19 bits per heavy atom. The molecular weight excluding hydrogens is 218 g/mol. The van der Waals surface area contributed by atoms with Gasteiger partial charge in [-0.2, -0.15) is 0 Å². The summed E-state index contributed by atoms with van der Waals surface area (Å²) >= 11 is 1.74. The molecule has 1 aromatic heterocycles. The summed E-state index contributed by atoms with van der Waals surface area (Å²) in [5.41, 5.74) is 0. The molecule has 0 radical (unpaired) electrons. The summed E-state index contributed by atoms with van der Waals surface area (Å²) in [5, 5.41) is 10.2. The highest BCUT2D eigenvalue weighted by atomic mass is 32.1. The Hall–Kier alpha value is -0.450. The van der Waals surface area contributed by atoms with E-state index in [1.807, 2.05) is 11.6 Å². The van der Waals surface area contributed by atoms with Gasteiger partial charge in [0.05, 0.1) is 5.01 Å². The van der Waals surface area contributed by atoms with Crippen LogP contribution in [0.1, 0.15) is 38.1 Å². The second kappa shape index (κ2) is 7.76. The Morgan fingerprint density at radius 1 is 1.38 bits per heavy atom. The third-order valence-corrected chi connectivity index (χ3v) is 3.74. The van der Waals surface area contributed by atoms with E-state index in [9.17, 15) is 0 Å². The SMILES string of the molecule is CCC(C)NCCNCC(C)c1nccs1. The monoisotopic (exact) mass is 241 g/mol. The molecule has 0 aliphatic heterocycles. The summed E-state index contributed by atoms with van der Waals surface area (Å²) in [5.74, 6) is 0.517. The fourth-order valence-corrected chi connectivity index (χ4v) is 2.13. The lowest BCUT2D eigenvalue weighted by Gasteiger charge is -2.13. The lowest BCUT2D eigenvalue weighted by molar-refractivity contribution is 0.509. The molecule has 0 saturated carbocycles. The molecule has 0 aliphatic rings. The highest BCUT2D eigenvalue weighted by Crippen LogP contribution is 2.15. The Bertz CT molecular complexity index is 261. The van der Waals surface area contributed by atoms with Gasteiger partial charge in [0.2, 0.25) is 0 Å². The molecule has 0 saturated heterocycles. The van der Waals surface area contributed by atoms with E-state index in [0.717, 1.165) is 19.6 Å². The maximum Gasteiger partial charge on any atom is 0.0965 e. The van der Waals surface area contributed by atoms with Gasteiger partial charge in [0.25, 0.3) is 0 Å². The molecule has 92 valence electrons. The first-order valence-corrected chi connectivity index (χ1v) is 6.95. The largest absolute Gasteiger partial charge is 0.315 e. The highest BCUT2D eigenvalue weighted by Gasteiger charge is 2.06. The van der Waals surface area contributed by atoms with E-state index < -0.39 is 0 Å². The van der Waals surface area contributed by atoms with Crippen molar-refractivity contribution in [3.8, 4) is 0 Å². The molecule has 1 rings (SSSR count). The van der Waals surface area contributed by atoms with E-state index in [1.165, 1.54) is 11.4 Å². The summed E-state index contributed by atoms with van der Waals surface area (Å²) < 4.78 is 0. The average Bonchev–Trinajstić information content (AvgIpc) is 2.81. The van der Waals surface area contributed by atoms with Crippen molar-refractivity contribution in [3.63, 3.8) is 0 Å². The van der Waals surface area contributed by atoms with Crippen LogP contribution in [0.2, 0.25) is 0 Å². The maximum absolute atomic E-state index is 4.32. The topological polar surface area (TPSA) is 37.0 Å². The van der Waals surface area contributed by atoms with Gasteiger partial charge in [-0.25, -0.2) is 4.98 Å². The standard InChI is InChI=1S/C12H23N3S/c1-4-11(3)14-6-5-13-9-10(2)12-15-7-8-16-12/h7-8,10-11,13-14H,4-6,9H2,1-3H3. The number of hydrogen-bond acceptors (Lipinski definition) is 4. The van der Waals surface area contributed by atoms with Gasteiger partial charge in [-0.15, -0.1) is 11.3 Å². The summed E-state index contributed by atoms with van der Waals surface area (Å²) in [6.07, 6.45) is 3.07. The molecule has 4 heteroatoms. The van der Waals surface area contributed by atoms with Crippen LogP contribution in [0.4, 0.5) is 0 Å². The zero-order valence-corrected chi connectivity index (χ0v) is 11.3. The van der Waals surface area contributed by atoms with Crippen LogP contribution in [-0.4, -0.2) is 30.7 Å². The van der Waals surface area contributed by atoms with Gasteiger partial charge < -0.3 is 10.6 Å². The lowest BCUT2D eigenvalue weighted by atomic mass is 10.2. The molecule has 0 bridgehead atoms. The number of nitrogens with one attached hydrogen (secondary N) is 2. The molecule has 0 amide bonds. The van der Waals surface area contributed by atoms with Crippen LogP contribution in [0, 0.1) is 0 Å². The molecule has 2 N–H and O–H groups in total. The van der Waals surface area contributed by atoms with Crippen LogP contribution in [0.5, 0.6) is 0 Å². The molecule has 0 fully saturated rings. The van der Waals surface area contributed by atoms with Gasteiger partial charge in [0.1, 0.15) is 0 Å². The molecular formula is C12H23N3S. The van der Waals surface area contributed by atoms with Crippen molar-refractivity contribution in [2.75, 3.05) is 19.6 Å². The highest BCUT2D eigenvalue weighted by molar-refractivity contribution is 7.09. The van der Waals surface area contributed by atoms with Crippen LogP contribution in [-0.2, 0) is 0 Å². The first kappa shape index (κ1) is 13.6. The van der Waals surface area contributed by atoms with Crippen LogP contribution in [0.25, 0.3) is 0 Å². The zero-order valence-electron chi connectivity index (χ0n) is 10.5. The second-order valence-electron chi connectivity index (χ2n) is 4.24. The molecule has 0 spiro atoms. The van der Waals surface area contributed by atoms with Crippen LogP contribution >= 0.6 is 11.3 Å². The zero-order chi connectivity index (χ0) is 11.8. The minimum Gasteiger partial charge on any atom is -0.315 e. The third kappa shape index (κ3) is 5.05. The van der Waals surface area contributed by atoms with Crippen molar-refractivity contribution in [3.05, 3.63) is 16.6 Å². The predicted octanol–water partition coefficient (Wildman–Crippen LogP) is 2.22. The van der Waals surface area contributed by atoms with Crippen LogP contribution in [0.15, 0.2) is 11.6 Å². The molecule has 0 aromatic carbocycles. The molecule has 2 atom stereocenters. The van der Waals surface area contributed by atoms with Crippen LogP contribution < -0.4 is 10.6 Å². The third-order valence-electron chi connectivity index (χ3n) is 2.73. The van der Waals surface area contributed by atoms with Crippen molar-refractivity contribution in [1.82, 2.24) is 15.6 Å². The number of thiazole rings is 1. The molecule has 0 aliphatic carbocycles. The summed E-state index contributed by atoms with van der Waals surface area (Å²) in [6, 6.07) is 0.623. The average molecular weight is 241 g/mol. The van der Waals surface area contributed by atoms with Gasteiger partial charge in [-0.05, 0) is 13.3 Å². The van der Waals surface area contributed by atoms with E-state index in [4.69, 9.17) is 0 Å². The van der Waals surface area contributed by atoms with Crippen molar-refractivity contribution >= 4 is 11.3 Å². The Balaban J connectivity index is 2.03. The molecule has 2 unspecified atom stereocenters. The Labute approximate surface area is 103 Å². The van der Waals surface area contributed by atoms with Gasteiger partial charge in [0.15, 0.2) is 0 Å². The molecule has 1 heterocycles. The second-order valence-corrected chi connectivity index (χ2v) is 5.17.